The Morgan fingerprint density at radius 2 is 1.80 bits per heavy atom. The number of nitrogens with one attached hydrogen (secondary N) is 1. The predicted molar refractivity (Wildman–Crippen MR) is 99.9 cm³/mol. The number of hydrogen-bond acceptors (Lipinski definition) is 2. The van der Waals surface area contributed by atoms with Gasteiger partial charge in [0.25, 0.3) is 5.91 Å². The lowest BCUT2D eigenvalue weighted by molar-refractivity contribution is 0.0867. The van der Waals surface area contributed by atoms with Crippen LogP contribution in [-0.4, -0.2) is 27.7 Å². The van der Waals surface area contributed by atoms with Gasteiger partial charge in [-0.1, -0.05) is 30.3 Å². The minimum absolute atomic E-state index is 0.000927. The highest BCUT2D eigenvalue weighted by Gasteiger charge is 2.24. The first-order valence-electron chi connectivity index (χ1n) is 9.19. The second-order valence-corrected chi connectivity index (χ2v) is 7.22. The van der Waals surface area contributed by atoms with Gasteiger partial charge in [-0.05, 0) is 58.1 Å². The lowest BCUT2D eigenvalue weighted by Gasteiger charge is -2.26. The number of benzene rings is 1. The first kappa shape index (κ1) is 17.7. The van der Waals surface area contributed by atoms with Crippen molar-refractivity contribution in [3.05, 3.63) is 58.9 Å². The molecule has 1 atom stereocenters. The van der Waals surface area contributed by atoms with E-state index in [-0.39, 0.29) is 24.1 Å². The fourth-order valence-electron chi connectivity index (χ4n) is 3.97. The van der Waals surface area contributed by atoms with E-state index in [0.717, 1.165) is 42.6 Å². The van der Waals surface area contributed by atoms with Crippen LogP contribution in [0.4, 0.5) is 0 Å². The van der Waals surface area contributed by atoms with Crippen molar-refractivity contribution in [1.82, 2.24) is 9.88 Å². The van der Waals surface area contributed by atoms with Crippen molar-refractivity contribution in [2.45, 2.75) is 64.6 Å². The minimum atomic E-state index is -0.204. The summed E-state index contributed by atoms with van der Waals surface area (Å²) in [5, 5.41) is 12.8. The molecule has 1 aliphatic rings. The van der Waals surface area contributed by atoms with Crippen LogP contribution in [0.1, 0.15) is 66.0 Å². The van der Waals surface area contributed by atoms with Crippen molar-refractivity contribution >= 4 is 5.91 Å². The predicted octanol–water partition coefficient (Wildman–Crippen LogP) is 3.75. The summed E-state index contributed by atoms with van der Waals surface area (Å²) in [7, 11) is 0. The van der Waals surface area contributed by atoms with Crippen molar-refractivity contribution in [3.63, 3.8) is 0 Å². The summed E-state index contributed by atoms with van der Waals surface area (Å²) in [6, 6.07) is 12.7. The Morgan fingerprint density at radius 3 is 2.44 bits per heavy atom. The Kier molecular flexibility index (Phi) is 5.28. The molecule has 0 aliphatic heterocycles. The molecule has 4 heteroatoms. The van der Waals surface area contributed by atoms with Crippen molar-refractivity contribution < 1.29 is 9.90 Å². The number of amides is 1. The first-order valence-corrected chi connectivity index (χ1v) is 9.19. The molecule has 1 aromatic carbocycles. The molecule has 0 spiro atoms. The number of carbonyl (C=O) groups is 1. The summed E-state index contributed by atoms with van der Waals surface area (Å²) in [4.78, 5) is 12.8. The molecule has 3 rings (SSSR count). The summed E-state index contributed by atoms with van der Waals surface area (Å²) in [5.41, 5.74) is 4.09. The molecule has 1 amide bonds. The van der Waals surface area contributed by atoms with Crippen molar-refractivity contribution in [1.29, 1.82) is 0 Å². The van der Waals surface area contributed by atoms with E-state index in [9.17, 15) is 9.90 Å². The molecule has 0 bridgehead atoms. The fourth-order valence-corrected chi connectivity index (χ4v) is 3.97. The van der Waals surface area contributed by atoms with Crippen LogP contribution in [0.25, 0.3) is 0 Å². The van der Waals surface area contributed by atoms with Gasteiger partial charge in [-0.3, -0.25) is 4.79 Å². The monoisotopic (exact) mass is 340 g/mol. The average molecular weight is 340 g/mol. The lowest BCUT2D eigenvalue weighted by Crippen LogP contribution is -2.38. The maximum absolute atomic E-state index is 12.8. The van der Waals surface area contributed by atoms with Crippen LogP contribution >= 0.6 is 0 Å². The highest BCUT2D eigenvalue weighted by molar-refractivity contribution is 5.96. The second-order valence-electron chi connectivity index (χ2n) is 7.22. The Bertz CT molecular complexity index is 728. The van der Waals surface area contributed by atoms with Crippen LogP contribution in [-0.2, 0) is 0 Å². The number of nitrogens with zero attached hydrogens (tertiary/aromatic N) is 1. The summed E-state index contributed by atoms with van der Waals surface area (Å²) < 4.78 is 2.23. The minimum Gasteiger partial charge on any atom is -0.393 e. The Labute approximate surface area is 149 Å². The molecule has 1 aliphatic carbocycles. The van der Waals surface area contributed by atoms with Gasteiger partial charge < -0.3 is 15.0 Å². The molecule has 1 aromatic heterocycles. The van der Waals surface area contributed by atoms with E-state index in [1.165, 1.54) is 5.56 Å². The standard InChI is InChI=1S/C21H28N2O2/c1-14-13-20(21(25)22-18-9-11-19(24)12-10-18)16(3)23(14)15(2)17-7-5-4-6-8-17/h4-8,13,15,18-19,24H,9-12H2,1-3H3,(H,22,25). The number of carbonyl (C=O) groups excluding carboxylic acids is 1. The molecule has 0 saturated heterocycles. The topological polar surface area (TPSA) is 54.3 Å². The highest BCUT2D eigenvalue weighted by Crippen LogP contribution is 2.26. The second kappa shape index (κ2) is 7.44. The van der Waals surface area contributed by atoms with E-state index in [2.05, 4.69) is 35.9 Å². The smallest absolute Gasteiger partial charge is 0.253 e. The normalized spacial score (nSPS) is 21.8. The zero-order chi connectivity index (χ0) is 18.0. The van der Waals surface area contributed by atoms with E-state index in [1.807, 2.05) is 31.2 Å². The van der Waals surface area contributed by atoms with E-state index in [4.69, 9.17) is 0 Å². The SMILES string of the molecule is Cc1cc(C(=O)NC2CCC(O)CC2)c(C)n1C(C)c1ccccc1. The molecular weight excluding hydrogens is 312 g/mol. The largest absolute Gasteiger partial charge is 0.393 e. The van der Waals surface area contributed by atoms with Gasteiger partial charge in [-0.25, -0.2) is 0 Å². The molecule has 2 N–H and O–H groups in total. The van der Waals surface area contributed by atoms with Crippen LogP contribution in [0, 0.1) is 13.8 Å². The molecule has 1 fully saturated rings. The number of aliphatic hydroxyl groups is 1. The van der Waals surface area contributed by atoms with Crippen molar-refractivity contribution in [3.8, 4) is 0 Å². The first-order chi connectivity index (χ1) is 12.0. The molecule has 134 valence electrons. The summed E-state index contributed by atoms with van der Waals surface area (Å²) in [5.74, 6) is 0.000927. The van der Waals surface area contributed by atoms with Crippen LogP contribution in [0.2, 0.25) is 0 Å². The van der Waals surface area contributed by atoms with Crippen LogP contribution in [0.15, 0.2) is 36.4 Å². The zero-order valence-corrected chi connectivity index (χ0v) is 15.3. The molecule has 4 nitrogen and oxygen atoms in total. The zero-order valence-electron chi connectivity index (χ0n) is 15.3. The van der Waals surface area contributed by atoms with Crippen molar-refractivity contribution in [2.75, 3.05) is 0 Å². The van der Waals surface area contributed by atoms with E-state index < -0.39 is 0 Å². The quantitative estimate of drug-likeness (QED) is 0.891. The molecule has 1 heterocycles. The van der Waals surface area contributed by atoms with Crippen LogP contribution in [0.5, 0.6) is 0 Å². The third-order valence-electron chi connectivity index (χ3n) is 5.43. The average Bonchev–Trinajstić information content (AvgIpc) is 2.91. The maximum Gasteiger partial charge on any atom is 0.253 e. The van der Waals surface area contributed by atoms with Gasteiger partial charge in [-0.2, -0.15) is 0 Å². The molecule has 1 unspecified atom stereocenters. The van der Waals surface area contributed by atoms with E-state index in [1.54, 1.807) is 0 Å². The van der Waals surface area contributed by atoms with Crippen LogP contribution in [0.3, 0.4) is 0 Å². The highest BCUT2D eigenvalue weighted by atomic mass is 16.3. The Balaban J connectivity index is 1.78. The van der Waals surface area contributed by atoms with Gasteiger partial charge in [0.1, 0.15) is 0 Å². The van der Waals surface area contributed by atoms with Gasteiger partial charge in [-0.15, -0.1) is 0 Å². The van der Waals surface area contributed by atoms with Gasteiger partial charge in [0.2, 0.25) is 0 Å². The Hall–Kier alpha value is -2.07. The number of aryl methyl sites for hydroxylation is 1. The lowest BCUT2D eigenvalue weighted by atomic mass is 9.93. The third kappa shape index (κ3) is 3.79. The number of hydrogen-bond donors (Lipinski definition) is 2. The number of aliphatic hydroxyl groups excluding tert-OH is 1. The fraction of sp³-hybridized carbons (Fsp3) is 0.476. The van der Waals surface area contributed by atoms with E-state index in [0.29, 0.717) is 0 Å². The summed E-state index contributed by atoms with van der Waals surface area (Å²) >= 11 is 0. The van der Waals surface area contributed by atoms with Gasteiger partial charge >= 0.3 is 0 Å². The summed E-state index contributed by atoms with van der Waals surface area (Å²) in [6.45, 7) is 6.24. The molecular formula is C21H28N2O2. The van der Waals surface area contributed by atoms with E-state index >= 15 is 0 Å². The van der Waals surface area contributed by atoms with Gasteiger partial charge in [0.05, 0.1) is 17.7 Å². The van der Waals surface area contributed by atoms with Crippen LogP contribution < -0.4 is 5.32 Å². The Morgan fingerprint density at radius 1 is 1.16 bits per heavy atom. The van der Waals surface area contributed by atoms with Crippen molar-refractivity contribution in [2.24, 2.45) is 0 Å². The molecule has 2 aromatic rings. The number of rotatable bonds is 4. The molecule has 25 heavy (non-hydrogen) atoms. The molecule has 1 saturated carbocycles. The summed E-state index contributed by atoms with van der Waals surface area (Å²) in [6.07, 6.45) is 3.05. The van der Waals surface area contributed by atoms with Gasteiger partial charge in [0.15, 0.2) is 0 Å². The number of aromatic nitrogens is 1. The molecule has 0 radical (unpaired) electrons. The van der Waals surface area contributed by atoms with Gasteiger partial charge in [0, 0.05) is 17.4 Å². The maximum atomic E-state index is 12.8. The third-order valence-corrected chi connectivity index (χ3v) is 5.43.